The van der Waals surface area contributed by atoms with Gasteiger partial charge >= 0.3 is 12.2 Å². The van der Waals surface area contributed by atoms with E-state index in [0.29, 0.717) is 16.9 Å². The molecule has 0 fully saturated rings. The maximum atomic E-state index is 12.3. The Bertz CT molecular complexity index is 936. The van der Waals surface area contributed by atoms with E-state index in [1.807, 2.05) is 0 Å². The van der Waals surface area contributed by atoms with Crippen LogP contribution in [0.15, 0.2) is 57.7 Å². The first kappa shape index (κ1) is 16.8. The van der Waals surface area contributed by atoms with Gasteiger partial charge in [0, 0.05) is 17.5 Å². The average molecular weight is 348 g/mol. The Hall–Kier alpha value is -3.09. The van der Waals surface area contributed by atoms with Crippen molar-refractivity contribution < 1.29 is 27.4 Å². The van der Waals surface area contributed by atoms with Gasteiger partial charge < -0.3 is 18.6 Å². The first-order chi connectivity index (χ1) is 12.0. The highest BCUT2D eigenvalue weighted by molar-refractivity contribution is 5.77. The molecule has 0 aliphatic rings. The number of alkyl halides is 2. The van der Waals surface area contributed by atoms with Crippen molar-refractivity contribution in [3.63, 3.8) is 0 Å². The van der Waals surface area contributed by atoms with Crippen LogP contribution in [0.25, 0.3) is 11.0 Å². The Morgan fingerprint density at radius 2 is 1.84 bits per heavy atom. The van der Waals surface area contributed by atoms with Crippen LogP contribution in [0.3, 0.4) is 0 Å². The molecule has 0 bridgehead atoms. The van der Waals surface area contributed by atoms with E-state index in [0.717, 1.165) is 5.39 Å². The van der Waals surface area contributed by atoms with E-state index in [1.165, 1.54) is 19.2 Å². The van der Waals surface area contributed by atoms with Crippen molar-refractivity contribution in [1.82, 2.24) is 0 Å². The topological polar surface area (TPSA) is 57.9 Å². The lowest BCUT2D eigenvalue weighted by atomic mass is 10.2. The molecule has 0 radical (unpaired) electrons. The molecule has 5 nitrogen and oxygen atoms in total. The molecule has 0 unspecified atom stereocenters. The molecule has 2 aromatic carbocycles. The highest BCUT2D eigenvalue weighted by Crippen LogP contribution is 2.30. The molecule has 25 heavy (non-hydrogen) atoms. The molecule has 0 saturated carbocycles. The number of fused-ring (bicyclic) bond motifs is 1. The number of hydrogen-bond acceptors (Lipinski definition) is 5. The maximum Gasteiger partial charge on any atom is 0.387 e. The summed E-state index contributed by atoms with van der Waals surface area (Å²) in [4.78, 5) is 11.3. The van der Waals surface area contributed by atoms with E-state index in [9.17, 15) is 13.6 Å². The SMILES string of the molecule is COc1cc(COc2ccc3ccc(=O)oc3c2)ccc1OC(F)F. The fraction of sp³-hybridized carbons (Fsp3) is 0.167. The molecular formula is C18H14F2O5. The smallest absolute Gasteiger partial charge is 0.387 e. The Labute approximate surface area is 141 Å². The van der Waals surface area contributed by atoms with Crippen LogP contribution in [0.5, 0.6) is 17.2 Å². The number of rotatable bonds is 6. The Kier molecular flexibility index (Phi) is 4.83. The fourth-order valence-electron chi connectivity index (χ4n) is 2.29. The molecule has 1 heterocycles. The molecule has 0 N–H and O–H groups in total. The van der Waals surface area contributed by atoms with Crippen LogP contribution >= 0.6 is 0 Å². The van der Waals surface area contributed by atoms with Gasteiger partial charge in [0.15, 0.2) is 11.5 Å². The summed E-state index contributed by atoms with van der Waals surface area (Å²) in [6.07, 6.45) is 0. The maximum absolute atomic E-state index is 12.3. The van der Waals surface area contributed by atoms with Crippen LogP contribution in [0.4, 0.5) is 8.78 Å². The van der Waals surface area contributed by atoms with Gasteiger partial charge in [-0.2, -0.15) is 8.78 Å². The summed E-state index contributed by atoms with van der Waals surface area (Å²) in [5.74, 6) is 0.647. The summed E-state index contributed by atoms with van der Waals surface area (Å²) in [6.45, 7) is -2.75. The van der Waals surface area contributed by atoms with Crippen LogP contribution < -0.4 is 19.8 Å². The van der Waals surface area contributed by atoms with Crippen LogP contribution in [0.2, 0.25) is 0 Å². The van der Waals surface area contributed by atoms with Gasteiger partial charge in [-0.1, -0.05) is 6.07 Å². The van der Waals surface area contributed by atoms with Crippen molar-refractivity contribution in [2.24, 2.45) is 0 Å². The van der Waals surface area contributed by atoms with Gasteiger partial charge in [0.25, 0.3) is 0 Å². The summed E-state index contributed by atoms with van der Waals surface area (Å²) in [7, 11) is 1.36. The molecule has 7 heteroatoms. The minimum atomic E-state index is -2.93. The third-order valence-electron chi connectivity index (χ3n) is 3.44. The predicted molar refractivity (Wildman–Crippen MR) is 86.4 cm³/mol. The number of benzene rings is 2. The monoisotopic (exact) mass is 348 g/mol. The Morgan fingerprint density at radius 3 is 2.60 bits per heavy atom. The number of methoxy groups -OCH3 is 1. The van der Waals surface area contributed by atoms with Crippen LogP contribution in [0.1, 0.15) is 5.56 Å². The first-order valence-electron chi connectivity index (χ1n) is 7.33. The largest absolute Gasteiger partial charge is 0.493 e. The second kappa shape index (κ2) is 7.21. The van der Waals surface area contributed by atoms with Crippen molar-refractivity contribution in [3.8, 4) is 17.2 Å². The van der Waals surface area contributed by atoms with E-state index in [1.54, 1.807) is 36.4 Å². The van der Waals surface area contributed by atoms with Gasteiger partial charge in [-0.15, -0.1) is 0 Å². The number of ether oxygens (including phenoxy) is 3. The van der Waals surface area contributed by atoms with Crippen molar-refractivity contribution in [2.45, 2.75) is 13.2 Å². The van der Waals surface area contributed by atoms with E-state index in [-0.39, 0.29) is 18.1 Å². The fourth-order valence-corrected chi connectivity index (χ4v) is 2.29. The second-order valence-electron chi connectivity index (χ2n) is 5.11. The quantitative estimate of drug-likeness (QED) is 0.631. The highest BCUT2D eigenvalue weighted by atomic mass is 19.3. The summed E-state index contributed by atoms with van der Waals surface area (Å²) in [5.41, 5.74) is 0.681. The average Bonchev–Trinajstić information content (AvgIpc) is 2.60. The highest BCUT2D eigenvalue weighted by Gasteiger charge is 2.11. The van der Waals surface area contributed by atoms with Crippen molar-refractivity contribution in [1.29, 1.82) is 0 Å². The van der Waals surface area contributed by atoms with Gasteiger partial charge in [0.1, 0.15) is 17.9 Å². The van der Waals surface area contributed by atoms with Crippen molar-refractivity contribution in [3.05, 3.63) is 64.5 Å². The molecule has 1 aromatic heterocycles. The van der Waals surface area contributed by atoms with Gasteiger partial charge in [0.05, 0.1) is 7.11 Å². The zero-order chi connectivity index (χ0) is 17.8. The zero-order valence-electron chi connectivity index (χ0n) is 13.2. The summed E-state index contributed by atoms with van der Waals surface area (Å²) >= 11 is 0. The standard InChI is InChI=1S/C18H14F2O5/c1-22-16-8-11(2-6-14(16)25-18(19)20)10-23-13-5-3-12-4-7-17(21)24-15(12)9-13/h2-9,18H,10H2,1H3. The molecule has 3 aromatic rings. The second-order valence-corrected chi connectivity index (χ2v) is 5.11. The molecule has 0 atom stereocenters. The van der Waals surface area contributed by atoms with Crippen LogP contribution in [0, 0.1) is 0 Å². The predicted octanol–water partition coefficient (Wildman–Crippen LogP) is 3.98. The minimum Gasteiger partial charge on any atom is -0.493 e. The number of halogens is 2. The lowest BCUT2D eigenvalue weighted by molar-refractivity contribution is -0.0512. The van der Waals surface area contributed by atoms with Gasteiger partial charge in [0.2, 0.25) is 0 Å². The van der Waals surface area contributed by atoms with Crippen molar-refractivity contribution in [2.75, 3.05) is 7.11 Å². The number of hydrogen-bond donors (Lipinski definition) is 0. The van der Waals surface area contributed by atoms with Crippen molar-refractivity contribution >= 4 is 11.0 Å². The van der Waals surface area contributed by atoms with Gasteiger partial charge in [-0.3, -0.25) is 0 Å². The first-order valence-corrected chi connectivity index (χ1v) is 7.33. The van der Waals surface area contributed by atoms with E-state index >= 15 is 0 Å². The third-order valence-corrected chi connectivity index (χ3v) is 3.44. The minimum absolute atomic E-state index is 0.0475. The lowest BCUT2D eigenvalue weighted by Gasteiger charge is -2.12. The van der Waals surface area contributed by atoms with E-state index in [2.05, 4.69) is 4.74 Å². The van der Waals surface area contributed by atoms with Crippen LogP contribution in [-0.2, 0) is 6.61 Å². The van der Waals surface area contributed by atoms with E-state index < -0.39 is 12.2 Å². The summed E-state index contributed by atoms with van der Waals surface area (Å²) in [6, 6.07) is 12.7. The Balaban J connectivity index is 1.75. The molecule has 0 aliphatic heterocycles. The molecule has 0 spiro atoms. The molecule has 0 amide bonds. The molecule has 3 rings (SSSR count). The van der Waals surface area contributed by atoms with E-state index in [4.69, 9.17) is 13.9 Å². The molecule has 130 valence electrons. The van der Waals surface area contributed by atoms with Gasteiger partial charge in [-0.25, -0.2) is 4.79 Å². The zero-order valence-corrected chi connectivity index (χ0v) is 13.2. The van der Waals surface area contributed by atoms with Crippen LogP contribution in [-0.4, -0.2) is 13.7 Å². The molecule has 0 aliphatic carbocycles. The normalized spacial score (nSPS) is 10.9. The molecule has 0 saturated heterocycles. The molecular weight excluding hydrogens is 334 g/mol. The lowest BCUT2D eigenvalue weighted by Crippen LogP contribution is -2.04. The third kappa shape index (κ3) is 4.06. The Morgan fingerprint density at radius 1 is 1.04 bits per heavy atom. The van der Waals surface area contributed by atoms with Gasteiger partial charge in [-0.05, 0) is 35.9 Å². The summed E-state index contributed by atoms with van der Waals surface area (Å²) < 4.78 is 44.8. The summed E-state index contributed by atoms with van der Waals surface area (Å²) in [5, 5.41) is 0.780.